The molecule has 0 aliphatic carbocycles. The molecule has 2 aromatic rings. The van der Waals surface area contributed by atoms with Gasteiger partial charge in [0.15, 0.2) is 0 Å². The van der Waals surface area contributed by atoms with Gasteiger partial charge in [-0.2, -0.15) is 8.78 Å². The lowest BCUT2D eigenvalue weighted by Gasteiger charge is -2.19. The van der Waals surface area contributed by atoms with Crippen molar-refractivity contribution in [3.8, 4) is 5.75 Å². The highest BCUT2D eigenvalue weighted by molar-refractivity contribution is 5.80. The zero-order chi connectivity index (χ0) is 19.1. The number of aryl methyl sites for hydroxylation is 1. The predicted molar refractivity (Wildman–Crippen MR) is 92.4 cm³/mol. The van der Waals surface area contributed by atoms with Crippen molar-refractivity contribution in [3.63, 3.8) is 0 Å². The average Bonchev–Trinajstić information content (AvgIpc) is 2.81. The Labute approximate surface area is 149 Å². The summed E-state index contributed by atoms with van der Waals surface area (Å²) in [4.78, 5) is 4.05. The summed E-state index contributed by atoms with van der Waals surface area (Å²) in [7, 11) is 0. The van der Waals surface area contributed by atoms with E-state index in [9.17, 15) is 18.3 Å². The Balaban J connectivity index is 2.00. The first kappa shape index (κ1) is 18.3. The number of pyridine rings is 1. The Hall–Kier alpha value is -2.54. The molecule has 1 aromatic heterocycles. The molecule has 0 amide bonds. The van der Waals surface area contributed by atoms with Crippen molar-refractivity contribution in [2.24, 2.45) is 0 Å². The molecule has 4 nitrogen and oxygen atoms in total. The third kappa shape index (κ3) is 2.92. The van der Waals surface area contributed by atoms with Gasteiger partial charge < -0.3 is 10.4 Å². The van der Waals surface area contributed by atoms with Gasteiger partial charge in [-0.05, 0) is 30.2 Å². The molecule has 26 heavy (non-hydrogen) atoms. The third-order valence-corrected chi connectivity index (χ3v) is 4.49. The summed E-state index contributed by atoms with van der Waals surface area (Å²) in [6.45, 7) is 7.29. The number of ether oxygens (including phenoxy) is 1. The number of rotatable bonds is 5. The zero-order valence-electron chi connectivity index (χ0n) is 14.4. The van der Waals surface area contributed by atoms with E-state index >= 15 is 0 Å². The van der Waals surface area contributed by atoms with Crippen LogP contribution in [-0.4, -0.2) is 10.1 Å². The van der Waals surface area contributed by atoms with Gasteiger partial charge >= 0.3 is 6.11 Å². The maximum Gasteiger partial charge on any atom is 0.386 e. The molecule has 0 bridgehead atoms. The number of benzene rings is 1. The number of halogens is 3. The quantitative estimate of drug-likeness (QED) is 0.730. The number of hydrogen-bond donors (Lipinski definition) is 2. The Kier molecular flexibility index (Phi) is 4.44. The summed E-state index contributed by atoms with van der Waals surface area (Å²) < 4.78 is 47.0. The van der Waals surface area contributed by atoms with E-state index in [1.54, 1.807) is 18.5 Å². The molecule has 7 heteroatoms. The van der Waals surface area contributed by atoms with Gasteiger partial charge in [0.2, 0.25) is 5.85 Å². The molecule has 0 saturated carbocycles. The second kappa shape index (κ2) is 6.32. The topological polar surface area (TPSA) is 54.4 Å². The van der Waals surface area contributed by atoms with E-state index < -0.39 is 23.3 Å². The molecule has 0 fully saturated rings. The molecule has 0 saturated heterocycles. The van der Waals surface area contributed by atoms with Crippen molar-refractivity contribution < 1.29 is 23.0 Å². The van der Waals surface area contributed by atoms with E-state index in [2.05, 4.69) is 21.6 Å². The highest BCUT2D eigenvalue weighted by Crippen LogP contribution is 2.53. The van der Waals surface area contributed by atoms with Gasteiger partial charge in [-0.15, -0.1) is 0 Å². The van der Waals surface area contributed by atoms with Gasteiger partial charge in [0.05, 0.1) is 11.3 Å². The Bertz CT molecular complexity index is 870. The first-order valence-electron chi connectivity index (χ1n) is 8.26. The second-order valence-electron chi connectivity index (χ2n) is 6.11. The predicted octanol–water partition coefficient (Wildman–Crippen LogP) is 5.04. The van der Waals surface area contributed by atoms with Crippen LogP contribution in [0.5, 0.6) is 5.75 Å². The molecular formula is C19H19F3N2O2. The van der Waals surface area contributed by atoms with Crippen molar-refractivity contribution in [1.82, 2.24) is 4.98 Å². The van der Waals surface area contributed by atoms with E-state index in [0.717, 1.165) is 23.3 Å². The van der Waals surface area contributed by atoms with E-state index in [4.69, 9.17) is 0 Å². The Morgan fingerprint density at radius 1 is 1.27 bits per heavy atom. The number of phenolic OH excluding ortho intramolecular Hbond substituents is 1. The number of alkyl halides is 3. The number of nitrogens with zero attached hydrogens (tertiary/aromatic N) is 1. The van der Waals surface area contributed by atoms with Crippen LogP contribution in [0, 0.1) is 0 Å². The summed E-state index contributed by atoms with van der Waals surface area (Å²) in [6, 6.07) is 3.73. The minimum Gasteiger partial charge on any atom is -0.506 e. The SMILES string of the molecule is C=C(Nc1cc2c(cc1O)C(F)(F)OC2(F)CC)c1ccncc1CC. The molecule has 2 heterocycles. The minimum absolute atomic E-state index is 0.0735. The van der Waals surface area contributed by atoms with E-state index in [-0.39, 0.29) is 17.7 Å². The first-order chi connectivity index (χ1) is 12.2. The van der Waals surface area contributed by atoms with Crippen molar-refractivity contribution >= 4 is 11.4 Å². The summed E-state index contributed by atoms with van der Waals surface area (Å²) in [5, 5.41) is 13.0. The van der Waals surface area contributed by atoms with Crippen LogP contribution in [-0.2, 0) is 23.1 Å². The maximum absolute atomic E-state index is 14.8. The number of aromatic hydroxyl groups is 1. The number of nitrogens with one attached hydrogen (secondary N) is 1. The molecule has 1 atom stereocenters. The van der Waals surface area contributed by atoms with Crippen LogP contribution in [0.3, 0.4) is 0 Å². The lowest BCUT2D eigenvalue weighted by atomic mass is 9.99. The number of hydrogen-bond acceptors (Lipinski definition) is 4. The highest BCUT2D eigenvalue weighted by Gasteiger charge is 2.55. The van der Waals surface area contributed by atoms with Gasteiger partial charge in [-0.25, -0.2) is 4.39 Å². The number of fused-ring (bicyclic) bond motifs is 1. The Morgan fingerprint density at radius 3 is 2.65 bits per heavy atom. The molecule has 1 aliphatic heterocycles. The minimum atomic E-state index is -3.80. The van der Waals surface area contributed by atoms with Crippen LogP contribution in [0.25, 0.3) is 5.70 Å². The van der Waals surface area contributed by atoms with Gasteiger partial charge in [0.25, 0.3) is 0 Å². The highest BCUT2D eigenvalue weighted by atomic mass is 19.3. The normalized spacial score (nSPS) is 20.7. The summed E-state index contributed by atoms with van der Waals surface area (Å²) >= 11 is 0. The van der Waals surface area contributed by atoms with Crippen molar-refractivity contribution in [1.29, 1.82) is 0 Å². The van der Waals surface area contributed by atoms with Crippen molar-refractivity contribution in [2.45, 2.75) is 38.7 Å². The van der Waals surface area contributed by atoms with Crippen LogP contribution in [0.1, 0.15) is 42.5 Å². The second-order valence-corrected chi connectivity index (χ2v) is 6.11. The Morgan fingerprint density at radius 2 is 2.00 bits per heavy atom. The van der Waals surface area contributed by atoms with Crippen LogP contribution >= 0.6 is 0 Å². The fourth-order valence-corrected chi connectivity index (χ4v) is 3.05. The number of aromatic nitrogens is 1. The van der Waals surface area contributed by atoms with Crippen molar-refractivity contribution in [2.75, 3.05) is 5.32 Å². The maximum atomic E-state index is 14.8. The standard InChI is InChI=1S/C19H19F3N2O2/c1-4-12-10-23-7-6-13(12)11(3)24-16-8-14-15(9-17(16)25)19(21,22)26-18(14,20)5-2/h6-10,24-25H,3-5H2,1-2H3. The number of anilines is 1. The fourth-order valence-electron chi connectivity index (χ4n) is 3.05. The van der Waals surface area contributed by atoms with Gasteiger partial charge in [-0.1, -0.05) is 20.4 Å². The lowest BCUT2D eigenvalue weighted by molar-refractivity contribution is -0.326. The van der Waals surface area contributed by atoms with Crippen molar-refractivity contribution in [3.05, 3.63) is 59.4 Å². The summed E-state index contributed by atoms with van der Waals surface area (Å²) in [6.07, 6.45) is -0.0764. The van der Waals surface area contributed by atoms with Crippen LogP contribution in [0.4, 0.5) is 18.9 Å². The molecule has 2 N–H and O–H groups in total. The fraction of sp³-hybridized carbons (Fsp3) is 0.316. The molecule has 0 spiro atoms. The molecule has 0 radical (unpaired) electrons. The summed E-state index contributed by atoms with van der Waals surface area (Å²) in [5.74, 6) is -3.06. The summed E-state index contributed by atoms with van der Waals surface area (Å²) in [5.41, 5.74) is 1.23. The lowest BCUT2D eigenvalue weighted by Crippen LogP contribution is -2.22. The molecule has 3 rings (SSSR count). The molecule has 1 unspecified atom stereocenters. The molecule has 1 aromatic carbocycles. The molecule has 138 valence electrons. The third-order valence-electron chi connectivity index (χ3n) is 4.49. The molecular weight excluding hydrogens is 345 g/mol. The largest absolute Gasteiger partial charge is 0.506 e. The van der Waals surface area contributed by atoms with E-state index in [1.165, 1.54) is 6.92 Å². The van der Waals surface area contributed by atoms with Gasteiger partial charge in [0.1, 0.15) is 5.75 Å². The van der Waals surface area contributed by atoms with Gasteiger partial charge in [-0.3, -0.25) is 9.72 Å². The van der Waals surface area contributed by atoms with Crippen LogP contribution < -0.4 is 5.32 Å². The monoisotopic (exact) mass is 364 g/mol. The first-order valence-corrected chi connectivity index (χ1v) is 8.26. The van der Waals surface area contributed by atoms with E-state index in [0.29, 0.717) is 12.1 Å². The number of phenols is 1. The van der Waals surface area contributed by atoms with Crippen LogP contribution in [0.2, 0.25) is 0 Å². The zero-order valence-corrected chi connectivity index (χ0v) is 14.4. The molecule has 1 aliphatic rings. The van der Waals surface area contributed by atoms with E-state index in [1.807, 2.05) is 6.92 Å². The smallest absolute Gasteiger partial charge is 0.386 e. The van der Waals surface area contributed by atoms with Crippen LogP contribution in [0.15, 0.2) is 37.2 Å². The van der Waals surface area contributed by atoms with Gasteiger partial charge in [0, 0.05) is 35.6 Å². The average molecular weight is 364 g/mol.